The van der Waals surface area contributed by atoms with Gasteiger partial charge in [-0.05, 0) is 61.7 Å². The molecule has 7 nitrogen and oxygen atoms in total. The first-order valence-electron chi connectivity index (χ1n) is 10.0. The maximum atomic E-state index is 13.7. The molecule has 3 aromatic rings. The highest BCUT2D eigenvalue weighted by molar-refractivity contribution is 6.03. The van der Waals surface area contributed by atoms with Gasteiger partial charge in [0, 0.05) is 31.4 Å². The summed E-state index contributed by atoms with van der Waals surface area (Å²) in [5, 5.41) is 14.7. The van der Waals surface area contributed by atoms with Crippen molar-refractivity contribution in [3.63, 3.8) is 0 Å². The number of aryl methyl sites for hydroxylation is 1. The highest BCUT2D eigenvalue weighted by Crippen LogP contribution is 2.37. The molecule has 1 amide bonds. The van der Waals surface area contributed by atoms with Gasteiger partial charge >= 0.3 is 12.1 Å². The minimum atomic E-state index is -1.20. The summed E-state index contributed by atoms with van der Waals surface area (Å²) >= 11 is 0. The lowest BCUT2D eigenvalue weighted by atomic mass is 9.87. The molecule has 1 aliphatic rings. The summed E-state index contributed by atoms with van der Waals surface area (Å²) in [6.07, 6.45) is 1.33. The molecule has 2 heterocycles. The number of amides is 1. The first kappa shape index (κ1) is 20.8. The van der Waals surface area contributed by atoms with E-state index in [4.69, 9.17) is 4.74 Å². The maximum Gasteiger partial charge on any atom is 0.410 e. The quantitative estimate of drug-likeness (QED) is 0.672. The highest BCUT2D eigenvalue weighted by atomic mass is 19.1. The summed E-state index contributed by atoms with van der Waals surface area (Å²) < 4.78 is 20.9. The Morgan fingerprint density at radius 2 is 1.87 bits per heavy atom. The Morgan fingerprint density at radius 3 is 2.52 bits per heavy atom. The first-order chi connectivity index (χ1) is 14.5. The van der Waals surface area contributed by atoms with Crippen LogP contribution in [-0.2, 0) is 11.8 Å². The van der Waals surface area contributed by atoms with Gasteiger partial charge in [-0.2, -0.15) is 5.10 Å². The van der Waals surface area contributed by atoms with Crippen LogP contribution in [0.4, 0.5) is 9.18 Å². The van der Waals surface area contributed by atoms with Crippen LogP contribution in [0.1, 0.15) is 42.6 Å². The zero-order valence-electron chi connectivity index (χ0n) is 17.8. The molecule has 0 unspecified atom stereocenters. The molecule has 31 heavy (non-hydrogen) atoms. The van der Waals surface area contributed by atoms with Crippen LogP contribution in [0.15, 0.2) is 36.5 Å². The second kappa shape index (κ2) is 7.37. The molecule has 1 N–H and O–H groups in total. The summed E-state index contributed by atoms with van der Waals surface area (Å²) in [4.78, 5) is 25.7. The Hall–Kier alpha value is -3.42. The van der Waals surface area contributed by atoms with E-state index < -0.39 is 17.4 Å². The Balaban J connectivity index is 1.72. The second-order valence-corrected chi connectivity index (χ2v) is 8.85. The van der Waals surface area contributed by atoms with Crippen LogP contribution in [-0.4, -0.2) is 50.5 Å². The van der Waals surface area contributed by atoms with Gasteiger partial charge in [0.1, 0.15) is 11.4 Å². The molecule has 1 fully saturated rings. The lowest BCUT2D eigenvalue weighted by Gasteiger charge is -2.40. The van der Waals surface area contributed by atoms with Crippen molar-refractivity contribution < 1.29 is 23.8 Å². The summed E-state index contributed by atoms with van der Waals surface area (Å²) in [7, 11) is 1.81. The van der Waals surface area contributed by atoms with Crippen LogP contribution < -0.4 is 0 Å². The van der Waals surface area contributed by atoms with Crippen LogP contribution in [0.5, 0.6) is 0 Å². The Labute approximate surface area is 179 Å². The first-order valence-corrected chi connectivity index (χ1v) is 10.0. The van der Waals surface area contributed by atoms with E-state index in [-0.39, 0.29) is 17.6 Å². The number of aromatic carboxylic acids is 1. The third-order valence-corrected chi connectivity index (χ3v) is 5.40. The molecular formula is C23H24FN3O4. The van der Waals surface area contributed by atoms with Crippen molar-refractivity contribution in [1.82, 2.24) is 14.7 Å². The van der Waals surface area contributed by atoms with Crippen molar-refractivity contribution in [3.8, 4) is 11.1 Å². The SMILES string of the molecule is Cn1ncc2c(-c3ccc(F)cc3C(=O)O)cc(C3CN(C(=O)OC(C)(C)C)C3)cc21. The minimum Gasteiger partial charge on any atom is -0.478 e. The largest absolute Gasteiger partial charge is 0.478 e. The molecule has 1 saturated heterocycles. The fourth-order valence-electron chi connectivity index (χ4n) is 3.82. The van der Waals surface area contributed by atoms with Crippen molar-refractivity contribution in [2.75, 3.05) is 13.1 Å². The van der Waals surface area contributed by atoms with Gasteiger partial charge in [0.15, 0.2) is 0 Å². The number of benzene rings is 2. The van der Waals surface area contributed by atoms with Crippen LogP contribution in [0.2, 0.25) is 0 Å². The van der Waals surface area contributed by atoms with Crippen molar-refractivity contribution in [2.24, 2.45) is 7.05 Å². The van der Waals surface area contributed by atoms with Crippen molar-refractivity contribution in [2.45, 2.75) is 32.3 Å². The lowest BCUT2D eigenvalue weighted by Crippen LogP contribution is -2.50. The Bertz CT molecular complexity index is 1190. The molecule has 0 aliphatic carbocycles. The number of carbonyl (C=O) groups is 2. The predicted molar refractivity (Wildman–Crippen MR) is 114 cm³/mol. The molecule has 0 radical (unpaired) electrons. The van der Waals surface area contributed by atoms with Gasteiger partial charge in [-0.1, -0.05) is 6.07 Å². The predicted octanol–water partition coefficient (Wildman–Crippen LogP) is 4.41. The van der Waals surface area contributed by atoms with E-state index in [2.05, 4.69) is 5.10 Å². The maximum absolute atomic E-state index is 13.7. The molecule has 8 heteroatoms. The number of aromatic nitrogens is 2. The summed E-state index contributed by atoms with van der Waals surface area (Å²) in [6, 6.07) is 7.69. The van der Waals surface area contributed by atoms with E-state index in [1.165, 1.54) is 12.1 Å². The normalized spacial score (nSPS) is 14.5. The number of hydrogen-bond donors (Lipinski definition) is 1. The van der Waals surface area contributed by atoms with Gasteiger partial charge in [0.2, 0.25) is 0 Å². The number of carboxylic acid groups (broad SMARTS) is 1. The fraction of sp³-hybridized carbons (Fsp3) is 0.348. The minimum absolute atomic E-state index is 0.0827. The van der Waals surface area contributed by atoms with Gasteiger partial charge in [0.25, 0.3) is 0 Å². The van der Waals surface area contributed by atoms with Gasteiger partial charge < -0.3 is 14.7 Å². The molecule has 162 valence electrons. The standard InChI is InChI=1S/C23H24FN3O4/c1-23(2,3)31-22(30)27-11-14(12-27)13-7-17(19-10-25-26(4)20(19)8-13)16-6-5-15(24)9-18(16)21(28)29/h5-10,14H,11-12H2,1-4H3,(H,28,29). The summed E-state index contributed by atoms with van der Waals surface area (Å²) in [5.41, 5.74) is 2.24. The zero-order valence-corrected chi connectivity index (χ0v) is 17.8. The van der Waals surface area contributed by atoms with Crippen molar-refractivity contribution >= 4 is 23.0 Å². The average molecular weight is 425 g/mol. The highest BCUT2D eigenvalue weighted by Gasteiger charge is 2.35. The lowest BCUT2D eigenvalue weighted by molar-refractivity contribution is 0.00819. The molecule has 0 spiro atoms. The van der Waals surface area contributed by atoms with E-state index in [9.17, 15) is 19.1 Å². The summed E-state index contributed by atoms with van der Waals surface area (Å²) in [6.45, 7) is 6.49. The molecule has 0 bridgehead atoms. The number of fused-ring (bicyclic) bond motifs is 1. The van der Waals surface area contributed by atoms with Crippen LogP contribution in [0.25, 0.3) is 22.0 Å². The van der Waals surface area contributed by atoms with Crippen molar-refractivity contribution in [1.29, 1.82) is 0 Å². The number of nitrogens with zero attached hydrogens (tertiary/aromatic N) is 3. The number of ether oxygens (including phenoxy) is 1. The zero-order chi connectivity index (χ0) is 22.5. The number of hydrogen-bond acceptors (Lipinski definition) is 4. The molecule has 4 rings (SSSR count). The number of carbonyl (C=O) groups excluding carboxylic acids is 1. The van der Waals surface area contributed by atoms with E-state index in [0.29, 0.717) is 24.2 Å². The smallest absolute Gasteiger partial charge is 0.410 e. The molecule has 1 aromatic heterocycles. The Morgan fingerprint density at radius 1 is 1.16 bits per heavy atom. The van der Waals surface area contributed by atoms with Gasteiger partial charge in [-0.3, -0.25) is 4.68 Å². The van der Waals surface area contributed by atoms with Gasteiger partial charge in [-0.25, -0.2) is 14.0 Å². The third kappa shape index (κ3) is 3.97. The molecule has 1 aliphatic heterocycles. The van der Waals surface area contributed by atoms with E-state index >= 15 is 0 Å². The van der Waals surface area contributed by atoms with Crippen LogP contribution in [0, 0.1) is 5.82 Å². The molecule has 0 saturated carbocycles. The summed E-state index contributed by atoms with van der Waals surface area (Å²) in [5.74, 6) is -1.72. The topological polar surface area (TPSA) is 84.7 Å². The third-order valence-electron chi connectivity index (χ3n) is 5.40. The van der Waals surface area contributed by atoms with Crippen molar-refractivity contribution in [3.05, 3.63) is 53.5 Å². The molecular weight excluding hydrogens is 401 g/mol. The van der Waals surface area contributed by atoms with Crippen LogP contribution >= 0.6 is 0 Å². The molecule has 2 aromatic carbocycles. The van der Waals surface area contributed by atoms with Gasteiger partial charge in [0.05, 0.1) is 17.3 Å². The second-order valence-electron chi connectivity index (χ2n) is 8.85. The van der Waals surface area contributed by atoms with E-state index in [1.54, 1.807) is 15.8 Å². The van der Waals surface area contributed by atoms with E-state index in [1.807, 2.05) is 40.0 Å². The van der Waals surface area contributed by atoms with E-state index in [0.717, 1.165) is 22.5 Å². The molecule has 0 atom stereocenters. The Kier molecular flexibility index (Phi) is 4.95. The monoisotopic (exact) mass is 425 g/mol. The van der Waals surface area contributed by atoms with Gasteiger partial charge in [-0.15, -0.1) is 0 Å². The number of likely N-dealkylation sites (tertiary alicyclic amines) is 1. The number of halogens is 1. The fourth-order valence-corrected chi connectivity index (χ4v) is 3.82. The van der Waals surface area contributed by atoms with Crippen LogP contribution in [0.3, 0.4) is 0 Å². The number of rotatable bonds is 3. The number of carboxylic acids is 1. The average Bonchev–Trinajstić information content (AvgIpc) is 2.99.